The molecule has 1 heterocycles. The summed E-state index contributed by atoms with van der Waals surface area (Å²) in [6.45, 7) is 2.99. The second-order valence-corrected chi connectivity index (χ2v) is 7.42. The Bertz CT molecular complexity index is 652. The van der Waals surface area contributed by atoms with Crippen LogP contribution in [-0.2, 0) is 6.42 Å². The van der Waals surface area contributed by atoms with Gasteiger partial charge in [0.05, 0.1) is 6.54 Å². The highest BCUT2D eigenvalue weighted by Gasteiger charge is 2.20. The minimum Gasteiger partial charge on any atom is -0.335 e. The largest absolute Gasteiger partial charge is 0.335 e. The molecule has 1 N–H and O–H groups in total. The van der Waals surface area contributed by atoms with Gasteiger partial charge < -0.3 is 5.32 Å². The van der Waals surface area contributed by atoms with Gasteiger partial charge in [-0.3, -0.25) is 4.99 Å². The van der Waals surface area contributed by atoms with Crippen LogP contribution in [0.5, 0.6) is 0 Å². The van der Waals surface area contributed by atoms with Gasteiger partial charge in [0.15, 0.2) is 5.17 Å². The number of amidine groups is 1. The summed E-state index contributed by atoms with van der Waals surface area (Å²) in [5.74, 6) is 0. The third kappa shape index (κ3) is 4.11. The molecule has 0 spiro atoms. The molecule has 2 aromatic carbocycles. The number of halogens is 1. The van der Waals surface area contributed by atoms with Gasteiger partial charge in [0.2, 0.25) is 0 Å². The molecule has 1 atom stereocenters. The van der Waals surface area contributed by atoms with Crippen LogP contribution in [0.4, 0.5) is 5.69 Å². The summed E-state index contributed by atoms with van der Waals surface area (Å²) in [4.78, 5) is 4.62. The summed E-state index contributed by atoms with van der Waals surface area (Å²) < 4.78 is 1.13. The minimum atomic E-state index is 0.526. The van der Waals surface area contributed by atoms with Crippen molar-refractivity contribution < 1.29 is 0 Å². The van der Waals surface area contributed by atoms with Gasteiger partial charge in [-0.05, 0) is 48.7 Å². The third-order valence-electron chi connectivity index (χ3n) is 3.36. The van der Waals surface area contributed by atoms with E-state index in [4.69, 9.17) is 0 Å². The number of benzene rings is 2. The van der Waals surface area contributed by atoms with Gasteiger partial charge >= 0.3 is 0 Å². The average Bonchev–Trinajstić information content (AvgIpc) is 2.89. The first-order valence-corrected chi connectivity index (χ1v) is 8.65. The maximum absolute atomic E-state index is 4.62. The molecule has 2 aromatic rings. The van der Waals surface area contributed by atoms with Crippen LogP contribution in [0, 0.1) is 6.92 Å². The van der Waals surface area contributed by atoms with Gasteiger partial charge in [-0.15, -0.1) is 0 Å². The number of hydrogen-bond donors (Lipinski definition) is 1. The van der Waals surface area contributed by atoms with Crippen molar-refractivity contribution in [3.05, 3.63) is 64.1 Å². The molecule has 0 bridgehead atoms. The first-order valence-electron chi connectivity index (χ1n) is 6.98. The molecule has 21 heavy (non-hydrogen) atoms. The summed E-state index contributed by atoms with van der Waals surface area (Å²) in [6.07, 6.45) is 1.06. The molecular weight excluding hydrogens is 344 g/mol. The van der Waals surface area contributed by atoms with Crippen LogP contribution in [0.2, 0.25) is 0 Å². The molecule has 1 aliphatic rings. The van der Waals surface area contributed by atoms with Crippen molar-refractivity contribution in [1.29, 1.82) is 0 Å². The van der Waals surface area contributed by atoms with E-state index in [2.05, 4.69) is 81.7 Å². The summed E-state index contributed by atoms with van der Waals surface area (Å²) in [5, 5.41) is 4.97. The lowest BCUT2D eigenvalue weighted by molar-refractivity contribution is 0.870. The van der Waals surface area contributed by atoms with Crippen LogP contribution in [0.25, 0.3) is 0 Å². The van der Waals surface area contributed by atoms with Crippen LogP contribution in [0.15, 0.2) is 58.0 Å². The summed E-state index contributed by atoms with van der Waals surface area (Å²) in [6, 6.07) is 16.9. The van der Waals surface area contributed by atoms with Crippen molar-refractivity contribution in [2.75, 3.05) is 11.9 Å². The van der Waals surface area contributed by atoms with Crippen LogP contribution >= 0.6 is 27.7 Å². The van der Waals surface area contributed by atoms with Crippen molar-refractivity contribution in [3.63, 3.8) is 0 Å². The lowest BCUT2D eigenvalue weighted by Gasteiger charge is -2.10. The minimum absolute atomic E-state index is 0.526. The Kier molecular flexibility index (Phi) is 4.66. The Morgan fingerprint density at radius 2 is 2.05 bits per heavy atom. The molecule has 0 amide bonds. The van der Waals surface area contributed by atoms with Crippen LogP contribution in [0.3, 0.4) is 0 Å². The number of hydrogen-bond acceptors (Lipinski definition) is 3. The van der Waals surface area contributed by atoms with E-state index < -0.39 is 0 Å². The van der Waals surface area contributed by atoms with Gasteiger partial charge in [-0.1, -0.05) is 52.0 Å². The number of nitrogens with zero attached hydrogens (tertiary/aromatic N) is 1. The highest BCUT2D eigenvalue weighted by Crippen LogP contribution is 2.26. The monoisotopic (exact) mass is 360 g/mol. The van der Waals surface area contributed by atoms with E-state index >= 15 is 0 Å². The highest BCUT2D eigenvalue weighted by atomic mass is 79.9. The molecule has 0 aliphatic carbocycles. The van der Waals surface area contributed by atoms with Crippen LogP contribution < -0.4 is 5.32 Å². The SMILES string of the molecule is Cc1cccc(NC2=NCC(Cc3ccc(Br)cc3)S2)c1. The smallest absolute Gasteiger partial charge is 0.161 e. The van der Waals surface area contributed by atoms with Gasteiger partial charge in [0, 0.05) is 15.4 Å². The molecule has 3 rings (SSSR count). The molecule has 0 aromatic heterocycles. The zero-order chi connectivity index (χ0) is 14.7. The molecule has 0 saturated carbocycles. The molecule has 4 heteroatoms. The normalized spacial score (nSPS) is 17.6. The fourth-order valence-electron chi connectivity index (χ4n) is 2.32. The molecule has 1 aliphatic heterocycles. The predicted molar refractivity (Wildman–Crippen MR) is 96.3 cm³/mol. The predicted octanol–water partition coefficient (Wildman–Crippen LogP) is 4.88. The van der Waals surface area contributed by atoms with E-state index in [-0.39, 0.29) is 0 Å². The Labute approximate surface area is 138 Å². The second-order valence-electron chi connectivity index (χ2n) is 5.21. The zero-order valence-electron chi connectivity index (χ0n) is 11.8. The second kappa shape index (κ2) is 6.67. The number of aliphatic imine (C=N–C) groups is 1. The molecule has 0 radical (unpaired) electrons. The molecule has 0 saturated heterocycles. The van der Waals surface area contributed by atoms with Crippen molar-refractivity contribution in [3.8, 4) is 0 Å². The molecule has 108 valence electrons. The lowest BCUT2D eigenvalue weighted by atomic mass is 10.1. The van der Waals surface area contributed by atoms with Crippen molar-refractivity contribution in [2.24, 2.45) is 4.99 Å². The van der Waals surface area contributed by atoms with E-state index in [0.29, 0.717) is 5.25 Å². The maximum Gasteiger partial charge on any atom is 0.161 e. The summed E-state index contributed by atoms with van der Waals surface area (Å²) in [7, 11) is 0. The number of nitrogens with one attached hydrogen (secondary N) is 1. The van der Waals surface area contributed by atoms with Gasteiger partial charge in [-0.2, -0.15) is 0 Å². The number of aryl methyl sites for hydroxylation is 1. The van der Waals surface area contributed by atoms with Crippen molar-refractivity contribution in [1.82, 2.24) is 0 Å². The van der Waals surface area contributed by atoms with E-state index in [9.17, 15) is 0 Å². The number of rotatable bonds is 3. The lowest BCUT2D eigenvalue weighted by Crippen LogP contribution is -2.10. The number of anilines is 1. The maximum atomic E-state index is 4.62. The fraction of sp³-hybridized carbons (Fsp3) is 0.235. The topological polar surface area (TPSA) is 24.4 Å². The molecule has 2 nitrogen and oxygen atoms in total. The Morgan fingerprint density at radius 3 is 2.81 bits per heavy atom. The van der Waals surface area contributed by atoms with Crippen molar-refractivity contribution >= 4 is 38.5 Å². The van der Waals surface area contributed by atoms with E-state index in [1.54, 1.807) is 0 Å². The quantitative estimate of drug-likeness (QED) is 0.842. The Hall–Kier alpha value is -1.26. The zero-order valence-corrected chi connectivity index (χ0v) is 14.2. The van der Waals surface area contributed by atoms with Gasteiger partial charge in [0.1, 0.15) is 0 Å². The van der Waals surface area contributed by atoms with E-state index in [0.717, 1.165) is 28.3 Å². The van der Waals surface area contributed by atoms with Gasteiger partial charge in [-0.25, -0.2) is 0 Å². The molecule has 1 unspecified atom stereocenters. The average molecular weight is 361 g/mol. The Morgan fingerprint density at radius 1 is 1.24 bits per heavy atom. The first-order chi connectivity index (χ1) is 10.2. The molecular formula is C17H17BrN2S. The van der Waals surface area contributed by atoms with Crippen LogP contribution in [0.1, 0.15) is 11.1 Å². The summed E-state index contributed by atoms with van der Waals surface area (Å²) >= 11 is 5.31. The highest BCUT2D eigenvalue weighted by molar-refractivity contribution is 9.10. The van der Waals surface area contributed by atoms with E-state index in [1.165, 1.54) is 11.1 Å². The molecule has 0 fully saturated rings. The van der Waals surface area contributed by atoms with E-state index in [1.807, 2.05) is 11.8 Å². The fourth-order valence-corrected chi connectivity index (χ4v) is 3.65. The van der Waals surface area contributed by atoms with Crippen LogP contribution in [-0.4, -0.2) is 17.0 Å². The van der Waals surface area contributed by atoms with Crippen molar-refractivity contribution in [2.45, 2.75) is 18.6 Å². The Balaban J connectivity index is 1.56. The number of thioether (sulfide) groups is 1. The first kappa shape index (κ1) is 14.7. The summed E-state index contributed by atoms with van der Waals surface area (Å²) in [5.41, 5.74) is 3.74. The van der Waals surface area contributed by atoms with Gasteiger partial charge in [0.25, 0.3) is 0 Å². The third-order valence-corrected chi connectivity index (χ3v) is 4.99. The standard InChI is InChI=1S/C17H17BrN2S/c1-12-3-2-4-15(9-12)20-17-19-11-16(21-17)10-13-5-7-14(18)8-6-13/h2-9,16H,10-11H2,1H3,(H,19,20).